The van der Waals surface area contributed by atoms with Crippen molar-refractivity contribution in [3.8, 4) is 0 Å². The molecule has 2 aromatic rings. The fourth-order valence-corrected chi connectivity index (χ4v) is 2.95. The van der Waals surface area contributed by atoms with E-state index in [0.29, 0.717) is 13.0 Å². The van der Waals surface area contributed by atoms with Gasteiger partial charge >= 0.3 is 0 Å². The highest BCUT2D eigenvalue weighted by atomic mass is 35.5. The Hall–Kier alpha value is -2.37. The van der Waals surface area contributed by atoms with Crippen LogP contribution in [0.4, 0.5) is 0 Å². The van der Waals surface area contributed by atoms with Gasteiger partial charge in [0.25, 0.3) is 11.8 Å². The van der Waals surface area contributed by atoms with Crippen LogP contribution >= 0.6 is 23.2 Å². The number of amides is 3. The third-order valence-electron chi connectivity index (χ3n) is 3.89. The van der Waals surface area contributed by atoms with Crippen LogP contribution in [0.5, 0.6) is 0 Å². The Labute approximate surface area is 154 Å². The predicted octanol–water partition coefficient (Wildman–Crippen LogP) is 2.95. The number of hydrogen-bond acceptors (Lipinski definition) is 3. The molecule has 0 atom stereocenters. The molecular formula is C18H14Cl2N2O3. The molecule has 3 amide bonds. The number of carbonyl (C=O) groups is 3. The van der Waals surface area contributed by atoms with Crippen molar-refractivity contribution < 1.29 is 14.4 Å². The quantitative estimate of drug-likeness (QED) is 0.815. The van der Waals surface area contributed by atoms with E-state index in [1.54, 1.807) is 0 Å². The van der Waals surface area contributed by atoms with Gasteiger partial charge in [0.15, 0.2) is 0 Å². The molecule has 0 saturated carbocycles. The topological polar surface area (TPSA) is 66.5 Å². The summed E-state index contributed by atoms with van der Waals surface area (Å²) < 4.78 is 0. The molecule has 0 fully saturated rings. The Kier molecular flexibility index (Phi) is 5.06. The maximum Gasteiger partial charge on any atom is 0.262 e. The van der Waals surface area contributed by atoms with Crippen molar-refractivity contribution in [2.45, 2.75) is 6.42 Å². The molecule has 25 heavy (non-hydrogen) atoms. The zero-order valence-electron chi connectivity index (χ0n) is 13.1. The Balaban J connectivity index is 1.60. The van der Waals surface area contributed by atoms with Crippen LogP contribution in [-0.2, 0) is 11.2 Å². The summed E-state index contributed by atoms with van der Waals surface area (Å²) in [7, 11) is 0. The van der Waals surface area contributed by atoms with E-state index in [9.17, 15) is 14.4 Å². The summed E-state index contributed by atoms with van der Waals surface area (Å²) in [6.07, 6.45) is 0.667. The van der Waals surface area contributed by atoms with Crippen molar-refractivity contribution in [2.24, 2.45) is 0 Å². The summed E-state index contributed by atoms with van der Waals surface area (Å²) in [5.41, 5.74) is 1.42. The lowest BCUT2D eigenvalue weighted by molar-refractivity contribution is -0.121. The lowest BCUT2D eigenvalue weighted by Crippen LogP contribution is -2.40. The van der Waals surface area contributed by atoms with Gasteiger partial charge in [0.1, 0.15) is 6.54 Å². The van der Waals surface area contributed by atoms with E-state index >= 15 is 0 Å². The lowest BCUT2D eigenvalue weighted by Gasteiger charge is -2.13. The van der Waals surface area contributed by atoms with Crippen molar-refractivity contribution in [1.29, 1.82) is 0 Å². The molecule has 5 nitrogen and oxygen atoms in total. The Bertz CT molecular complexity index is 812. The minimum absolute atomic E-state index is 0.163. The van der Waals surface area contributed by atoms with Crippen LogP contribution in [0.15, 0.2) is 42.5 Å². The van der Waals surface area contributed by atoms with Gasteiger partial charge in [0.2, 0.25) is 5.91 Å². The zero-order chi connectivity index (χ0) is 18.0. The number of halogens is 2. The summed E-state index contributed by atoms with van der Waals surface area (Å²) in [4.78, 5) is 37.6. The first-order valence-corrected chi connectivity index (χ1v) is 8.39. The van der Waals surface area contributed by atoms with Gasteiger partial charge in [-0.25, -0.2) is 0 Å². The number of rotatable bonds is 5. The van der Waals surface area contributed by atoms with Crippen molar-refractivity contribution in [2.75, 3.05) is 13.1 Å². The second-order valence-corrected chi connectivity index (χ2v) is 6.41. The number of benzene rings is 2. The van der Waals surface area contributed by atoms with Crippen molar-refractivity contribution in [1.82, 2.24) is 10.2 Å². The Morgan fingerprint density at radius 1 is 0.960 bits per heavy atom. The maximum atomic E-state index is 12.3. The monoisotopic (exact) mass is 376 g/mol. The molecule has 0 spiro atoms. The van der Waals surface area contributed by atoms with E-state index in [2.05, 4.69) is 5.32 Å². The molecule has 0 aromatic heterocycles. The van der Waals surface area contributed by atoms with E-state index in [4.69, 9.17) is 23.2 Å². The fraction of sp³-hybridized carbons (Fsp3) is 0.167. The number of hydrogen-bond donors (Lipinski definition) is 1. The second kappa shape index (κ2) is 7.25. The molecule has 128 valence electrons. The summed E-state index contributed by atoms with van der Waals surface area (Å²) in [5.74, 6) is -1.49. The van der Waals surface area contributed by atoms with Crippen LogP contribution in [0.3, 0.4) is 0 Å². The molecule has 0 bridgehead atoms. The smallest absolute Gasteiger partial charge is 0.262 e. The first kappa shape index (κ1) is 17.5. The van der Waals surface area contributed by atoms with Crippen molar-refractivity contribution >= 4 is 40.9 Å². The average Bonchev–Trinajstić information content (AvgIpc) is 2.81. The van der Waals surface area contributed by atoms with Gasteiger partial charge in [-0.15, -0.1) is 0 Å². The molecule has 0 radical (unpaired) electrons. The minimum Gasteiger partial charge on any atom is -0.354 e. The largest absolute Gasteiger partial charge is 0.354 e. The van der Waals surface area contributed by atoms with Crippen LogP contribution < -0.4 is 5.32 Å². The van der Waals surface area contributed by atoms with Crippen LogP contribution in [0.1, 0.15) is 26.3 Å². The standard InChI is InChI=1S/C18H14Cl2N2O3/c19-14-8-12-13(9-15(14)20)18(25)22(17(12)24)10-16(23)21-7-6-11-4-2-1-3-5-11/h1-5,8-9H,6-7,10H2,(H,21,23). The van der Waals surface area contributed by atoms with E-state index < -0.39 is 17.7 Å². The van der Waals surface area contributed by atoms with Crippen LogP contribution in [-0.4, -0.2) is 35.7 Å². The second-order valence-electron chi connectivity index (χ2n) is 5.59. The van der Waals surface area contributed by atoms with Gasteiger partial charge in [-0.2, -0.15) is 0 Å². The SMILES string of the molecule is O=C(CN1C(=O)c2cc(Cl)c(Cl)cc2C1=O)NCCc1ccccc1. The van der Waals surface area contributed by atoms with E-state index in [1.165, 1.54) is 12.1 Å². The molecule has 0 unspecified atom stereocenters. The molecule has 1 aliphatic heterocycles. The molecular weight excluding hydrogens is 363 g/mol. The van der Waals surface area contributed by atoms with Crippen molar-refractivity contribution in [3.63, 3.8) is 0 Å². The van der Waals surface area contributed by atoms with Crippen molar-refractivity contribution in [3.05, 3.63) is 69.2 Å². The molecule has 1 aliphatic rings. The first-order valence-electron chi connectivity index (χ1n) is 7.63. The third-order valence-corrected chi connectivity index (χ3v) is 4.61. The number of fused-ring (bicyclic) bond motifs is 1. The summed E-state index contributed by atoms with van der Waals surface area (Å²) in [6, 6.07) is 12.4. The molecule has 1 heterocycles. The van der Waals surface area contributed by atoms with Gasteiger partial charge in [-0.05, 0) is 24.1 Å². The molecule has 1 N–H and O–H groups in total. The first-order chi connectivity index (χ1) is 12.0. The number of imide groups is 1. The molecule has 7 heteroatoms. The van der Waals surface area contributed by atoms with E-state index in [1.807, 2.05) is 30.3 Å². The van der Waals surface area contributed by atoms with Crippen LogP contribution in [0.2, 0.25) is 10.0 Å². The van der Waals surface area contributed by atoms with Crippen LogP contribution in [0.25, 0.3) is 0 Å². The highest BCUT2D eigenvalue weighted by Crippen LogP contribution is 2.31. The number of nitrogens with zero attached hydrogens (tertiary/aromatic N) is 1. The van der Waals surface area contributed by atoms with Gasteiger partial charge in [0.05, 0.1) is 21.2 Å². The number of carbonyl (C=O) groups excluding carboxylic acids is 3. The lowest BCUT2D eigenvalue weighted by atomic mass is 10.1. The molecule has 0 saturated heterocycles. The zero-order valence-corrected chi connectivity index (χ0v) is 14.6. The number of nitrogens with one attached hydrogen (secondary N) is 1. The van der Waals surface area contributed by atoms with Crippen LogP contribution in [0, 0.1) is 0 Å². The molecule has 3 rings (SSSR count). The van der Waals surface area contributed by atoms with Gasteiger partial charge in [-0.3, -0.25) is 19.3 Å². The van der Waals surface area contributed by atoms with Gasteiger partial charge < -0.3 is 5.32 Å². The van der Waals surface area contributed by atoms with E-state index in [0.717, 1.165) is 10.5 Å². The normalized spacial score (nSPS) is 13.1. The highest BCUT2D eigenvalue weighted by molar-refractivity contribution is 6.43. The summed E-state index contributed by atoms with van der Waals surface area (Å²) >= 11 is 11.8. The van der Waals surface area contributed by atoms with Gasteiger partial charge in [0, 0.05) is 6.54 Å². The minimum atomic E-state index is -0.545. The predicted molar refractivity (Wildman–Crippen MR) is 95.0 cm³/mol. The molecule has 2 aromatic carbocycles. The Morgan fingerprint density at radius 2 is 1.52 bits per heavy atom. The van der Waals surface area contributed by atoms with E-state index in [-0.39, 0.29) is 27.7 Å². The fourth-order valence-electron chi connectivity index (χ4n) is 2.62. The summed E-state index contributed by atoms with van der Waals surface area (Å²) in [6.45, 7) is 0.0834. The molecule has 0 aliphatic carbocycles. The van der Waals surface area contributed by atoms with Gasteiger partial charge in [-0.1, -0.05) is 53.5 Å². The average molecular weight is 377 g/mol. The Morgan fingerprint density at radius 3 is 2.08 bits per heavy atom. The maximum absolute atomic E-state index is 12.3. The third kappa shape index (κ3) is 3.67. The highest BCUT2D eigenvalue weighted by Gasteiger charge is 2.37. The summed E-state index contributed by atoms with van der Waals surface area (Å²) in [5, 5.41) is 3.09.